The summed E-state index contributed by atoms with van der Waals surface area (Å²) < 4.78 is 11.4. The first-order valence-electron chi connectivity index (χ1n) is 7.43. The molecule has 1 unspecified atom stereocenters. The van der Waals surface area contributed by atoms with Gasteiger partial charge in [0.2, 0.25) is 0 Å². The number of benzene rings is 1. The van der Waals surface area contributed by atoms with Crippen LogP contribution in [0.1, 0.15) is 56.4 Å². The van der Waals surface area contributed by atoms with Gasteiger partial charge in [-0.15, -0.1) is 0 Å². The van der Waals surface area contributed by atoms with Crippen LogP contribution in [0.3, 0.4) is 0 Å². The van der Waals surface area contributed by atoms with Crippen LogP contribution in [0.15, 0.2) is 12.1 Å². The minimum Gasteiger partial charge on any atom is -0.496 e. The molecule has 0 aliphatic rings. The fraction of sp³-hybridized carbons (Fsp3) is 0.647. The lowest BCUT2D eigenvalue weighted by Gasteiger charge is -2.37. The number of rotatable bonds is 7. The van der Waals surface area contributed by atoms with Crippen LogP contribution in [0.25, 0.3) is 0 Å². The van der Waals surface area contributed by atoms with Crippen LogP contribution in [-0.4, -0.2) is 24.4 Å². The second-order valence-electron chi connectivity index (χ2n) is 5.24. The van der Waals surface area contributed by atoms with Crippen molar-refractivity contribution in [2.75, 3.05) is 13.7 Å². The van der Waals surface area contributed by atoms with Crippen molar-refractivity contribution < 1.29 is 14.6 Å². The maximum absolute atomic E-state index is 10.9. The fourth-order valence-corrected chi connectivity index (χ4v) is 2.79. The van der Waals surface area contributed by atoms with E-state index < -0.39 is 11.7 Å². The molecule has 0 aliphatic heterocycles. The standard InChI is InChI=1S/C17H28O3/c1-7-17(8-2,20-9-3)16(18)14-11-10-12(4)13(5)15(14)19-6/h10-11,16,18H,7-9H2,1-6H3. The lowest BCUT2D eigenvalue weighted by molar-refractivity contribution is -0.128. The zero-order chi connectivity index (χ0) is 15.3. The van der Waals surface area contributed by atoms with Gasteiger partial charge in [-0.25, -0.2) is 0 Å². The number of ether oxygens (including phenoxy) is 2. The van der Waals surface area contributed by atoms with E-state index in [1.165, 1.54) is 0 Å². The Morgan fingerprint density at radius 1 is 1.15 bits per heavy atom. The summed E-state index contributed by atoms with van der Waals surface area (Å²) in [5.41, 5.74) is 2.49. The summed E-state index contributed by atoms with van der Waals surface area (Å²) in [7, 11) is 1.65. The first kappa shape index (κ1) is 17.0. The van der Waals surface area contributed by atoms with E-state index in [9.17, 15) is 5.11 Å². The smallest absolute Gasteiger partial charge is 0.127 e. The zero-order valence-electron chi connectivity index (χ0n) is 13.6. The van der Waals surface area contributed by atoms with Gasteiger partial charge in [-0.2, -0.15) is 0 Å². The van der Waals surface area contributed by atoms with Gasteiger partial charge in [-0.1, -0.05) is 26.0 Å². The average Bonchev–Trinajstić information content (AvgIpc) is 2.47. The summed E-state index contributed by atoms with van der Waals surface area (Å²) in [4.78, 5) is 0. The highest BCUT2D eigenvalue weighted by atomic mass is 16.5. The molecule has 1 rings (SSSR count). The normalized spacial score (nSPS) is 13.3. The van der Waals surface area contributed by atoms with E-state index in [1.807, 2.05) is 32.9 Å². The van der Waals surface area contributed by atoms with Crippen molar-refractivity contribution in [3.63, 3.8) is 0 Å². The molecule has 0 spiro atoms. The molecule has 0 radical (unpaired) electrons. The van der Waals surface area contributed by atoms with Crippen molar-refractivity contribution in [2.24, 2.45) is 0 Å². The molecular weight excluding hydrogens is 252 g/mol. The third-order valence-corrected chi connectivity index (χ3v) is 4.33. The predicted octanol–water partition coefficient (Wildman–Crippen LogP) is 3.94. The van der Waals surface area contributed by atoms with E-state index in [0.717, 1.165) is 35.3 Å². The first-order chi connectivity index (χ1) is 9.47. The molecule has 0 heterocycles. The number of hydrogen-bond acceptors (Lipinski definition) is 3. The van der Waals surface area contributed by atoms with Crippen LogP contribution >= 0.6 is 0 Å². The van der Waals surface area contributed by atoms with Crippen LogP contribution < -0.4 is 4.74 Å². The van der Waals surface area contributed by atoms with E-state index in [2.05, 4.69) is 13.8 Å². The predicted molar refractivity (Wildman–Crippen MR) is 82.4 cm³/mol. The molecule has 1 N–H and O–H groups in total. The van der Waals surface area contributed by atoms with Crippen molar-refractivity contribution in [3.8, 4) is 5.75 Å². The molecule has 0 fully saturated rings. The second kappa shape index (κ2) is 7.09. The molecule has 3 heteroatoms. The van der Waals surface area contributed by atoms with Crippen molar-refractivity contribution in [2.45, 2.75) is 59.2 Å². The zero-order valence-corrected chi connectivity index (χ0v) is 13.6. The Balaban J connectivity index is 3.31. The van der Waals surface area contributed by atoms with Gasteiger partial charge in [0.1, 0.15) is 11.9 Å². The van der Waals surface area contributed by atoms with Gasteiger partial charge in [-0.05, 0) is 44.7 Å². The number of methoxy groups -OCH3 is 1. The Labute approximate surface area is 122 Å². The molecule has 0 bridgehead atoms. The van der Waals surface area contributed by atoms with Crippen molar-refractivity contribution in [1.82, 2.24) is 0 Å². The van der Waals surface area contributed by atoms with E-state index in [1.54, 1.807) is 7.11 Å². The van der Waals surface area contributed by atoms with Gasteiger partial charge in [0.25, 0.3) is 0 Å². The van der Waals surface area contributed by atoms with E-state index >= 15 is 0 Å². The molecule has 3 nitrogen and oxygen atoms in total. The maximum Gasteiger partial charge on any atom is 0.127 e. The second-order valence-corrected chi connectivity index (χ2v) is 5.24. The van der Waals surface area contributed by atoms with Gasteiger partial charge in [0, 0.05) is 12.2 Å². The lowest BCUT2D eigenvalue weighted by Crippen LogP contribution is -2.38. The highest BCUT2D eigenvalue weighted by Crippen LogP contribution is 2.40. The molecule has 1 aromatic rings. The molecule has 1 atom stereocenters. The lowest BCUT2D eigenvalue weighted by atomic mass is 9.84. The minimum atomic E-state index is -0.688. The number of aliphatic hydroxyl groups is 1. The van der Waals surface area contributed by atoms with Crippen LogP contribution in [0.2, 0.25) is 0 Å². The summed E-state index contributed by atoms with van der Waals surface area (Å²) in [6, 6.07) is 3.98. The Bertz CT molecular complexity index is 436. The SMILES string of the molecule is CCOC(CC)(CC)C(O)c1ccc(C)c(C)c1OC. The Morgan fingerprint density at radius 3 is 2.20 bits per heavy atom. The van der Waals surface area contributed by atoms with Gasteiger partial charge < -0.3 is 14.6 Å². The molecule has 1 aromatic carbocycles. The molecule has 0 saturated carbocycles. The van der Waals surface area contributed by atoms with Crippen LogP contribution in [0, 0.1) is 13.8 Å². The van der Waals surface area contributed by atoms with Gasteiger partial charge >= 0.3 is 0 Å². The minimum absolute atomic E-state index is 0.552. The van der Waals surface area contributed by atoms with Crippen LogP contribution in [0.4, 0.5) is 0 Å². The summed E-state index contributed by atoms with van der Waals surface area (Å²) in [5, 5.41) is 10.9. The third-order valence-electron chi connectivity index (χ3n) is 4.33. The van der Waals surface area contributed by atoms with Crippen molar-refractivity contribution in [1.29, 1.82) is 0 Å². The number of hydrogen-bond donors (Lipinski definition) is 1. The third kappa shape index (κ3) is 2.99. The highest BCUT2D eigenvalue weighted by molar-refractivity contribution is 5.47. The molecular formula is C17H28O3. The topological polar surface area (TPSA) is 38.7 Å². The number of aryl methyl sites for hydroxylation is 1. The first-order valence-corrected chi connectivity index (χ1v) is 7.43. The summed E-state index contributed by atoms with van der Waals surface area (Å²) in [6.07, 6.45) is 0.829. The van der Waals surface area contributed by atoms with Crippen LogP contribution in [-0.2, 0) is 4.74 Å². The van der Waals surface area contributed by atoms with E-state index in [0.29, 0.717) is 6.61 Å². The largest absolute Gasteiger partial charge is 0.496 e. The van der Waals surface area contributed by atoms with Gasteiger partial charge in [0.05, 0.1) is 12.7 Å². The average molecular weight is 280 g/mol. The number of aliphatic hydroxyl groups excluding tert-OH is 1. The van der Waals surface area contributed by atoms with Crippen molar-refractivity contribution >= 4 is 0 Å². The van der Waals surface area contributed by atoms with Crippen molar-refractivity contribution in [3.05, 3.63) is 28.8 Å². The van der Waals surface area contributed by atoms with Gasteiger partial charge in [-0.3, -0.25) is 0 Å². The maximum atomic E-state index is 10.9. The summed E-state index contributed by atoms with van der Waals surface area (Å²) in [5.74, 6) is 0.767. The Morgan fingerprint density at radius 2 is 1.75 bits per heavy atom. The molecule has 114 valence electrons. The molecule has 0 saturated heterocycles. The molecule has 0 amide bonds. The fourth-order valence-electron chi connectivity index (χ4n) is 2.79. The molecule has 20 heavy (non-hydrogen) atoms. The molecule has 0 aromatic heterocycles. The highest BCUT2D eigenvalue weighted by Gasteiger charge is 2.38. The van der Waals surface area contributed by atoms with Crippen LogP contribution in [0.5, 0.6) is 5.75 Å². The Hall–Kier alpha value is -1.06. The monoisotopic (exact) mass is 280 g/mol. The molecule has 0 aliphatic carbocycles. The quantitative estimate of drug-likeness (QED) is 0.822. The van der Waals surface area contributed by atoms with Gasteiger partial charge in [0.15, 0.2) is 0 Å². The van der Waals surface area contributed by atoms with E-state index in [4.69, 9.17) is 9.47 Å². The summed E-state index contributed by atoms with van der Waals surface area (Å²) in [6.45, 7) is 10.7. The Kier molecular flexibility index (Phi) is 6.03. The summed E-state index contributed by atoms with van der Waals surface area (Å²) >= 11 is 0. The van der Waals surface area contributed by atoms with E-state index in [-0.39, 0.29) is 0 Å².